The van der Waals surface area contributed by atoms with E-state index in [1.54, 1.807) is 66.7 Å². The van der Waals surface area contributed by atoms with Crippen LogP contribution in [0.2, 0.25) is 0 Å². The van der Waals surface area contributed by atoms with Gasteiger partial charge in [-0.05, 0) is 70.8 Å². The van der Waals surface area contributed by atoms with Gasteiger partial charge in [0.05, 0.1) is 77.3 Å². The Kier molecular flexibility index (Phi) is 21.6. The highest BCUT2D eigenvalue weighted by molar-refractivity contribution is 6.23. The number of carbonyl (C=O) groups is 1. The number of hydrogen-bond donors (Lipinski definition) is 1. The zero-order chi connectivity index (χ0) is 98.7. The van der Waals surface area contributed by atoms with Gasteiger partial charge in [-0.2, -0.15) is 15.8 Å². The number of para-hydroxylation sites is 12. The fourth-order valence-corrected chi connectivity index (χ4v) is 20.5. The molecule has 0 fully saturated rings. The molecule has 690 valence electrons. The number of furan rings is 4. The molecule has 8 heterocycles. The van der Waals surface area contributed by atoms with Crippen LogP contribution < -0.4 is 0 Å². The average molecular weight is 1900 g/mol. The lowest BCUT2D eigenvalue weighted by atomic mass is 9.98. The molecule has 0 amide bonds. The number of aromatic nitrogens is 4. The van der Waals surface area contributed by atoms with E-state index in [4.69, 9.17) is 28.2 Å². The first-order valence-corrected chi connectivity index (χ1v) is 46.0. The van der Waals surface area contributed by atoms with Gasteiger partial charge in [-0.3, -0.25) is 4.79 Å². The third-order valence-electron chi connectivity index (χ3n) is 26.8. The van der Waals surface area contributed by atoms with E-state index >= 15 is 0 Å². The Morgan fingerprint density at radius 1 is 0.214 bits per heavy atom. The second-order valence-corrected chi connectivity index (χ2v) is 34.6. The first kappa shape index (κ1) is 88.0. The summed E-state index contributed by atoms with van der Waals surface area (Å²) < 4.78 is 157. The van der Waals surface area contributed by atoms with Crippen molar-refractivity contribution in [2.45, 2.75) is 0 Å². The number of hydrogen-bond acceptors (Lipinski definition) is 8. The van der Waals surface area contributed by atoms with Gasteiger partial charge in [0, 0.05) is 97.9 Å². The third kappa shape index (κ3) is 14.0. The molecule has 0 saturated carbocycles. The van der Waals surface area contributed by atoms with Crippen molar-refractivity contribution < 1.29 is 62.0 Å². The fraction of sp³-hybridized carbons (Fsp3) is 0. The number of aldehydes is 1. The number of halogens is 9. The summed E-state index contributed by atoms with van der Waals surface area (Å²) in [7, 11) is 0. The average Bonchev–Trinajstić information content (AvgIpc) is 1.51. The second-order valence-electron chi connectivity index (χ2n) is 34.6. The predicted molar refractivity (Wildman–Crippen MR) is 555 cm³/mol. The number of H-pyrrole nitrogens is 1. The molecule has 0 aliphatic heterocycles. The molecule has 145 heavy (non-hydrogen) atoms. The Bertz CT molecular complexity index is 9980. The number of carbonyl (C=O) groups excluding carboxylic acids is 1. The van der Waals surface area contributed by atoms with E-state index in [1.165, 1.54) is 21.8 Å². The van der Waals surface area contributed by atoms with Gasteiger partial charge in [0.1, 0.15) is 57.2 Å². The van der Waals surface area contributed by atoms with Gasteiger partial charge < -0.3 is 36.4 Å². The summed E-state index contributed by atoms with van der Waals surface area (Å²) in [5, 5.41) is 41.5. The van der Waals surface area contributed by atoms with Crippen LogP contribution in [0.15, 0.2) is 406 Å². The van der Waals surface area contributed by atoms with E-state index < -0.39 is 69.0 Å². The predicted octanol–water partition coefficient (Wildman–Crippen LogP) is 34.3. The number of rotatable bonds is 8. The van der Waals surface area contributed by atoms with Gasteiger partial charge in [0.25, 0.3) is 0 Å². The lowest BCUT2D eigenvalue weighted by Gasteiger charge is -2.24. The van der Waals surface area contributed by atoms with Crippen LogP contribution in [0.1, 0.15) is 27.0 Å². The SMILES string of the molecule is N#Cc1c(-n2c3ccccc3c3ccccc32)c(-n2c3ccccc3c3ccccc32)c(-n2c3ccccc3c3ccccc32)c2c1oc1c(-c3ccccc3)cccc12.N#Cc1c(F)c(F)c(F)c2c1oc1c(-c3ccccc3)cccc12.N#Cc1c(F)c(F)c(F)c2c1oc1c(-c3ccccc3)cccc12.O=Cc1c(F)c(F)c(F)c2c1oc1c(-c3ccccc3)cccc12.c1ccc2c(c1)[nH]c1ccccc12. The Hall–Kier alpha value is -19.7. The summed E-state index contributed by atoms with van der Waals surface area (Å²) in [4.78, 5) is 14.5. The van der Waals surface area contributed by atoms with E-state index in [0.717, 1.165) is 127 Å². The van der Waals surface area contributed by atoms with Gasteiger partial charge in [0.2, 0.25) is 0 Å². The van der Waals surface area contributed by atoms with E-state index in [1.807, 2.05) is 97.1 Å². The number of nitriles is 3. The number of benzene rings is 20. The summed E-state index contributed by atoms with van der Waals surface area (Å²) in [5.41, 5.74) is 17.4. The molecule has 0 saturated heterocycles. The van der Waals surface area contributed by atoms with Gasteiger partial charge in [-0.15, -0.1) is 0 Å². The molecule has 1 N–H and O–H groups in total. The molecule has 21 heteroatoms. The highest BCUT2D eigenvalue weighted by Crippen LogP contribution is 2.53. The summed E-state index contributed by atoms with van der Waals surface area (Å²) >= 11 is 0. The third-order valence-corrected chi connectivity index (χ3v) is 26.8. The second kappa shape index (κ2) is 35.6. The summed E-state index contributed by atoms with van der Waals surface area (Å²) in [6.45, 7) is 0. The zero-order valence-electron chi connectivity index (χ0n) is 75.7. The van der Waals surface area contributed by atoms with Crippen LogP contribution in [0.5, 0.6) is 0 Å². The molecule has 12 nitrogen and oxygen atoms in total. The number of fused-ring (bicyclic) bond motifs is 24. The van der Waals surface area contributed by atoms with E-state index in [0.29, 0.717) is 38.6 Å². The van der Waals surface area contributed by atoms with Crippen LogP contribution in [0, 0.1) is 86.3 Å². The van der Waals surface area contributed by atoms with Gasteiger partial charge in [-0.1, -0.05) is 340 Å². The first-order chi connectivity index (χ1) is 71.1. The van der Waals surface area contributed by atoms with Crippen molar-refractivity contribution in [3.8, 4) is 79.8 Å². The molecule has 0 atom stereocenters. The Balaban J connectivity index is 0.000000110. The Morgan fingerprint density at radius 3 is 0.766 bits per heavy atom. The molecule has 0 unspecified atom stereocenters. The Labute approximate surface area is 815 Å². The maximum Gasteiger partial charge on any atom is 0.196 e. The maximum absolute atomic E-state index is 14.3. The van der Waals surface area contributed by atoms with Crippen molar-refractivity contribution in [2.75, 3.05) is 0 Å². The molecule has 0 aliphatic rings. The summed E-state index contributed by atoms with van der Waals surface area (Å²) in [5.74, 6) is -13.7. The van der Waals surface area contributed by atoms with Crippen LogP contribution in [0.25, 0.3) is 237 Å². The monoisotopic (exact) mass is 1900 g/mol. The van der Waals surface area contributed by atoms with Crippen LogP contribution in [0.4, 0.5) is 39.5 Å². The lowest BCUT2D eigenvalue weighted by molar-refractivity contribution is 0.111. The van der Waals surface area contributed by atoms with Crippen molar-refractivity contribution in [3.05, 3.63) is 463 Å². The van der Waals surface area contributed by atoms with Crippen molar-refractivity contribution in [1.82, 2.24) is 18.7 Å². The molecule has 0 aliphatic carbocycles. The lowest BCUT2D eigenvalue weighted by Crippen LogP contribution is -2.12. The van der Waals surface area contributed by atoms with Crippen molar-refractivity contribution in [3.63, 3.8) is 0 Å². The van der Waals surface area contributed by atoms with Crippen LogP contribution in [0.3, 0.4) is 0 Å². The summed E-state index contributed by atoms with van der Waals surface area (Å²) in [6.07, 6.45) is 0.130. The molecular weight excluding hydrogens is 1840 g/mol. The number of nitrogens with zero attached hydrogens (tertiary/aromatic N) is 6. The van der Waals surface area contributed by atoms with E-state index in [9.17, 15) is 49.6 Å². The normalized spacial score (nSPS) is 11.5. The van der Waals surface area contributed by atoms with Crippen molar-refractivity contribution >= 4 is 181 Å². The zero-order valence-corrected chi connectivity index (χ0v) is 75.7. The van der Waals surface area contributed by atoms with Crippen LogP contribution >= 0.6 is 0 Å². The molecule has 0 bridgehead atoms. The van der Waals surface area contributed by atoms with Crippen molar-refractivity contribution in [2.24, 2.45) is 0 Å². The Morgan fingerprint density at radius 2 is 0.455 bits per heavy atom. The highest BCUT2D eigenvalue weighted by atomic mass is 19.2. The minimum absolute atomic E-state index is 0.130. The highest BCUT2D eigenvalue weighted by Gasteiger charge is 2.36. The smallest absolute Gasteiger partial charge is 0.196 e. The molecule has 28 rings (SSSR count). The quantitative estimate of drug-likeness (QED) is 0.0889. The number of aromatic amines is 1. The van der Waals surface area contributed by atoms with E-state index in [2.05, 4.69) is 261 Å². The minimum atomic E-state index is -1.68. The van der Waals surface area contributed by atoms with Crippen molar-refractivity contribution in [1.29, 1.82) is 15.8 Å². The minimum Gasteiger partial charge on any atom is -0.454 e. The maximum atomic E-state index is 14.3. The molecule has 28 aromatic rings. The number of nitrogens with one attached hydrogen (secondary N) is 1. The van der Waals surface area contributed by atoms with Gasteiger partial charge >= 0.3 is 0 Å². The van der Waals surface area contributed by atoms with Gasteiger partial charge in [0.15, 0.2) is 81.0 Å². The molecule has 0 spiro atoms. The van der Waals surface area contributed by atoms with Crippen LogP contribution in [-0.2, 0) is 0 Å². The summed E-state index contributed by atoms with van der Waals surface area (Å²) in [6, 6.07) is 134. The molecule has 20 aromatic carbocycles. The first-order valence-electron chi connectivity index (χ1n) is 46.0. The van der Waals surface area contributed by atoms with Crippen LogP contribution in [-0.4, -0.2) is 25.0 Å². The standard InChI is InChI=1S/C55H32N4O.2C19H8F3NO.C19H9F3O2.C12H9N/c56-33-43-51(57-44-27-10-4-19-36(44)37-20-5-11-28-45(37)57)53(59-48-31-14-8-23-40(48)41-24-9-15-32-49(41)59)52(58-46-29-12-6-21-38(46)39-22-7-13-30-47(39)58)50-42-26-16-25-35(54(42)60-55(43)50)34-17-2-1-3-18-34;3*20-15-13(9-23)19-14(16(21)17(15)22)12-8-4-7-11(18(12)24-19)10-5-2-1-3-6-10;1-3-7-11-9(5-1)10-6-2-4-8-12(10)13-11/h1-32H;2*1-8H;1-9H;1-8,13H. The molecule has 0 radical (unpaired) electrons. The largest absolute Gasteiger partial charge is 0.454 e. The molecular formula is C124H66F9N7O5. The van der Waals surface area contributed by atoms with E-state index in [-0.39, 0.29) is 61.3 Å². The topological polar surface area (TPSA) is 172 Å². The van der Waals surface area contributed by atoms with Gasteiger partial charge in [-0.25, -0.2) is 39.5 Å². The fourth-order valence-electron chi connectivity index (χ4n) is 20.5. The molecule has 8 aromatic heterocycles.